The molecule has 166 valence electrons. The van der Waals surface area contributed by atoms with Gasteiger partial charge in [0.05, 0.1) is 17.4 Å². The van der Waals surface area contributed by atoms with Gasteiger partial charge in [-0.1, -0.05) is 18.2 Å². The minimum absolute atomic E-state index is 0.00980. The first-order valence-electron chi connectivity index (χ1n) is 9.94. The number of benzene rings is 2. The quantitative estimate of drug-likeness (QED) is 0.541. The highest BCUT2D eigenvalue weighted by Crippen LogP contribution is 2.36. The van der Waals surface area contributed by atoms with Gasteiger partial charge in [0, 0.05) is 24.2 Å². The van der Waals surface area contributed by atoms with E-state index in [4.69, 9.17) is 10.5 Å². The van der Waals surface area contributed by atoms with Crippen LogP contribution in [0.1, 0.15) is 16.8 Å². The zero-order valence-electron chi connectivity index (χ0n) is 16.9. The van der Waals surface area contributed by atoms with Gasteiger partial charge in [0.15, 0.2) is 0 Å². The van der Waals surface area contributed by atoms with E-state index in [0.29, 0.717) is 47.7 Å². The number of carbonyl (C=O) groups is 1. The highest BCUT2D eigenvalue weighted by molar-refractivity contribution is 5.97. The summed E-state index contributed by atoms with van der Waals surface area (Å²) in [5.74, 6) is -0.500. The average molecular weight is 441 g/mol. The van der Waals surface area contributed by atoms with Crippen molar-refractivity contribution in [3.05, 3.63) is 60.2 Å². The van der Waals surface area contributed by atoms with E-state index < -0.39 is 18.6 Å². The lowest BCUT2D eigenvalue weighted by atomic mass is 10.0. The van der Waals surface area contributed by atoms with Crippen LogP contribution in [0.2, 0.25) is 0 Å². The fraction of sp³-hybridized carbons (Fsp3) is 0.217. The number of halogens is 2. The number of rotatable bonds is 6. The molecule has 1 unspecified atom stereocenters. The molecule has 3 aromatic rings. The number of ether oxygens (including phenoxy) is 1. The lowest BCUT2D eigenvalue weighted by Crippen LogP contribution is -2.22. The summed E-state index contributed by atoms with van der Waals surface area (Å²) in [6.45, 7) is -2.03. The monoisotopic (exact) mass is 441 g/mol. The lowest BCUT2D eigenvalue weighted by Gasteiger charge is -2.20. The van der Waals surface area contributed by atoms with Crippen molar-refractivity contribution in [3.63, 3.8) is 0 Å². The van der Waals surface area contributed by atoms with E-state index in [1.165, 1.54) is 18.2 Å². The van der Waals surface area contributed by atoms with Gasteiger partial charge < -0.3 is 25.6 Å². The fourth-order valence-corrected chi connectivity index (χ4v) is 3.73. The van der Waals surface area contributed by atoms with Crippen molar-refractivity contribution in [3.8, 4) is 33.9 Å². The number of aromatic nitrogens is 1. The Hall–Kier alpha value is -3.72. The van der Waals surface area contributed by atoms with Crippen LogP contribution in [0.4, 0.5) is 14.6 Å². The Kier molecular flexibility index (Phi) is 5.91. The number of hydrogen-bond acceptors (Lipinski definition) is 6. The number of nitrogens with two attached hydrogens (primary N) is 1. The topological polar surface area (TPSA) is 109 Å². The van der Waals surface area contributed by atoms with Crippen LogP contribution in [-0.4, -0.2) is 46.9 Å². The number of phenols is 1. The molecular weight excluding hydrogens is 420 g/mol. The number of alkyl halides is 2. The maximum Gasteiger partial charge on any atom is 0.387 e. The minimum atomic E-state index is -2.99. The average Bonchev–Trinajstić information content (AvgIpc) is 3.20. The number of para-hydroxylation sites is 1. The first-order valence-corrected chi connectivity index (χ1v) is 9.94. The van der Waals surface area contributed by atoms with Gasteiger partial charge in [0.2, 0.25) is 0 Å². The first-order chi connectivity index (χ1) is 15.3. The Balaban J connectivity index is 1.87. The number of aliphatic hydroxyl groups excluding tert-OH is 1. The van der Waals surface area contributed by atoms with Gasteiger partial charge in [-0.2, -0.15) is 8.78 Å². The van der Waals surface area contributed by atoms with Crippen LogP contribution < -0.4 is 15.4 Å². The van der Waals surface area contributed by atoms with E-state index in [1.54, 1.807) is 36.4 Å². The standard InChI is InChI=1S/C23H21F2N3O4/c24-23(25)32-20-4-2-1-3-16(20)14-10-18(13-5-6-19(30)17(9-13)22(26)31)27-21(11-14)28-8-7-15(29)12-28/h1-6,9-11,15,23,29-30H,7-8,12H2,(H2,26,31). The van der Waals surface area contributed by atoms with Gasteiger partial charge in [-0.15, -0.1) is 0 Å². The van der Waals surface area contributed by atoms with Crippen molar-refractivity contribution in [2.45, 2.75) is 19.1 Å². The summed E-state index contributed by atoms with van der Waals surface area (Å²) in [5, 5.41) is 19.9. The van der Waals surface area contributed by atoms with Crippen LogP contribution in [0.25, 0.3) is 22.4 Å². The summed E-state index contributed by atoms with van der Waals surface area (Å²) in [5.41, 5.74) is 7.24. The first kappa shape index (κ1) is 21.5. The number of aromatic hydroxyl groups is 1. The SMILES string of the molecule is NC(=O)c1cc(-c2cc(-c3ccccc3OC(F)F)cc(N3CCC(O)C3)n2)ccc1O. The molecule has 0 bridgehead atoms. The lowest BCUT2D eigenvalue weighted by molar-refractivity contribution is -0.0494. The van der Waals surface area contributed by atoms with E-state index >= 15 is 0 Å². The van der Waals surface area contributed by atoms with Gasteiger partial charge in [-0.3, -0.25) is 4.79 Å². The zero-order chi connectivity index (χ0) is 22.8. The van der Waals surface area contributed by atoms with Gasteiger partial charge >= 0.3 is 6.61 Å². The van der Waals surface area contributed by atoms with Crippen molar-refractivity contribution < 1.29 is 28.5 Å². The van der Waals surface area contributed by atoms with Crippen molar-refractivity contribution in [1.29, 1.82) is 0 Å². The Bertz CT molecular complexity index is 1160. The molecule has 1 fully saturated rings. The predicted octanol–water partition coefficient (Wildman–Crippen LogP) is 3.39. The summed E-state index contributed by atoms with van der Waals surface area (Å²) in [4.78, 5) is 18.2. The van der Waals surface area contributed by atoms with Gasteiger partial charge in [0.25, 0.3) is 5.91 Å². The van der Waals surface area contributed by atoms with Crippen LogP contribution >= 0.6 is 0 Å². The maximum absolute atomic E-state index is 12.9. The number of aliphatic hydroxyl groups is 1. The molecule has 1 aromatic heterocycles. The van der Waals surface area contributed by atoms with Gasteiger partial charge in [-0.25, -0.2) is 4.98 Å². The third-order valence-corrected chi connectivity index (χ3v) is 5.27. The number of β-amino-alcohol motifs (C(OH)–C–C–N with tert-alkyl or cyclic N) is 1. The van der Waals surface area contributed by atoms with E-state index in [-0.39, 0.29) is 17.1 Å². The molecule has 0 saturated carbocycles. The van der Waals surface area contributed by atoms with E-state index in [1.807, 2.05) is 4.90 Å². The molecule has 4 N–H and O–H groups in total. The molecule has 2 aromatic carbocycles. The molecule has 1 aliphatic heterocycles. The molecule has 9 heteroatoms. The molecule has 1 saturated heterocycles. The number of nitrogens with zero attached hydrogens (tertiary/aromatic N) is 2. The molecule has 0 spiro atoms. The summed E-state index contributed by atoms with van der Waals surface area (Å²) in [7, 11) is 0. The summed E-state index contributed by atoms with van der Waals surface area (Å²) >= 11 is 0. The third kappa shape index (κ3) is 4.47. The summed E-state index contributed by atoms with van der Waals surface area (Å²) < 4.78 is 30.6. The maximum atomic E-state index is 12.9. The molecule has 1 aliphatic rings. The molecule has 1 amide bonds. The second-order valence-corrected chi connectivity index (χ2v) is 7.46. The van der Waals surface area contributed by atoms with Crippen LogP contribution in [0, 0.1) is 0 Å². The van der Waals surface area contributed by atoms with E-state index in [0.717, 1.165) is 0 Å². The van der Waals surface area contributed by atoms with Crippen molar-refractivity contribution >= 4 is 11.7 Å². The second kappa shape index (κ2) is 8.80. The normalized spacial score (nSPS) is 15.9. The number of hydrogen-bond donors (Lipinski definition) is 3. The van der Waals surface area contributed by atoms with Crippen LogP contribution in [0.15, 0.2) is 54.6 Å². The molecule has 2 heterocycles. The largest absolute Gasteiger partial charge is 0.507 e. The fourth-order valence-electron chi connectivity index (χ4n) is 3.73. The van der Waals surface area contributed by atoms with Crippen LogP contribution in [0.3, 0.4) is 0 Å². The molecular formula is C23H21F2N3O4. The molecule has 0 radical (unpaired) electrons. The number of carbonyl (C=O) groups excluding carboxylic acids is 1. The van der Waals surface area contributed by atoms with Crippen molar-refractivity contribution in [1.82, 2.24) is 4.98 Å². The third-order valence-electron chi connectivity index (χ3n) is 5.27. The molecule has 7 nitrogen and oxygen atoms in total. The highest BCUT2D eigenvalue weighted by atomic mass is 19.3. The summed E-state index contributed by atoms with van der Waals surface area (Å²) in [6.07, 6.45) is 0.0886. The Morgan fingerprint density at radius 1 is 1.16 bits per heavy atom. The van der Waals surface area contributed by atoms with E-state index in [2.05, 4.69) is 4.98 Å². The van der Waals surface area contributed by atoms with Crippen LogP contribution in [0.5, 0.6) is 11.5 Å². The van der Waals surface area contributed by atoms with Crippen LogP contribution in [-0.2, 0) is 0 Å². The van der Waals surface area contributed by atoms with E-state index in [9.17, 15) is 23.8 Å². The number of amides is 1. The van der Waals surface area contributed by atoms with Gasteiger partial charge in [-0.05, 0) is 48.4 Å². The van der Waals surface area contributed by atoms with Gasteiger partial charge in [0.1, 0.15) is 17.3 Å². The molecule has 1 atom stereocenters. The predicted molar refractivity (Wildman–Crippen MR) is 115 cm³/mol. The second-order valence-electron chi connectivity index (χ2n) is 7.46. The minimum Gasteiger partial charge on any atom is -0.507 e. The highest BCUT2D eigenvalue weighted by Gasteiger charge is 2.23. The zero-order valence-corrected chi connectivity index (χ0v) is 16.9. The Morgan fingerprint density at radius 2 is 1.94 bits per heavy atom. The number of anilines is 1. The van der Waals surface area contributed by atoms with Crippen molar-refractivity contribution in [2.75, 3.05) is 18.0 Å². The molecule has 32 heavy (non-hydrogen) atoms. The smallest absolute Gasteiger partial charge is 0.387 e. The molecule has 4 rings (SSSR count). The summed E-state index contributed by atoms with van der Waals surface area (Å²) in [6, 6.07) is 14.2. The molecule has 0 aliphatic carbocycles. The van der Waals surface area contributed by atoms with Crippen molar-refractivity contribution in [2.24, 2.45) is 5.73 Å². The number of pyridine rings is 1. The Morgan fingerprint density at radius 3 is 2.62 bits per heavy atom. The number of primary amides is 1. The Labute approximate surface area is 182 Å².